The Bertz CT molecular complexity index is 1380. The third-order valence-corrected chi connectivity index (χ3v) is 8.98. The fraction of sp³-hybridized carbons (Fsp3) is 0.222. The van der Waals surface area contributed by atoms with Crippen LogP contribution in [0.15, 0.2) is 109 Å². The maximum Gasteiger partial charge on any atom is 0.0656 e. The average molecular weight is 686 g/mol. The van der Waals surface area contributed by atoms with Crippen molar-refractivity contribution in [3.8, 4) is 0 Å². The smallest absolute Gasteiger partial charge is 0.0656 e. The first-order valence-corrected chi connectivity index (χ1v) is 16.0. The normalized spacial score (nSPS) is 9.95. The molecule has 0 aromatic heterocycles. The van der Waals surface area contributed by atoms with Crippen molar-refractivity contribution in [1.29, 1.82) is 0 Å². The fourth-order valence-corrected chi connectivity index (χ4v) is 5.77. The molecule has 4 rings (SSSR count). The van der Waals surface area contributed by atoms with Crippen molar-refractivity contribution in [2.75, 3.05) is 36.0 Å². The maximum absolute atomic E-state index is 5.66. The zero-order chi connectivity index (χ0) is 30.5. The number of nitrogens with zero attached hydrogens (tertiary/aromatic N) is 2. The van der Waals surface area contributed by atoms with Gasteiger partial charge in [0.25, 0.3) is 0 Å². The molecule has 0 radical (unpaired) electrons. The molecule has 0 bridgehead atoms. The molecule has 0 aliphatic rings. The van der Waals surface area contributed by atoms with Crippen molar-refractivity contribution in [1.82, 2.24) is 0 Å². The standard InChI is InChI=1S/2C18H19NS2.Ni/c2*1-3-19(4-2)16-13-9-8-12-15(16)18(21)17(20)14-10-6-5-7-11-14;/h2*5-13H,3-4H2,1-2H3;. The molecule has 0 aliphatic heterocycles. The van der Waals surface area contributed by atoms with E-state index in [1.165, 1.54) is 0 Å². The number of benzene rings is 4. The summed E-state index contributed by atoms with van der Waals surface area (Å²) in [5.41, 5.74) is 6.42. The van der Waals surface area contributed by atoms with Crippen molar-refractivity contribution in [3.63, 3.8) is 0 Å². The number of hydrogen-bond donors (Lipinski definition) is 0. The van der Waals surface area contributed by atoms with Crippen LogP contribution in [0, 0.1) is 0 Å². The van der Waals surface area contributed by atoms with E-state index in [1.54, 1.807) is 0 Å². The van der Waals surface area contributed by atoms with Gasteiger partial charge in [-0.3, -0.25) is 0 Å². The molecule has 0 saturated carbocycles. The molecule has 0 fully saturated rings. The molecule has 4 aromatic carbocycles. The molecule has 0 spiro atoms. The third kappa shape index (κ3) is 9.66. The summed E-state index contributed by atoms with van der Waals surface area (Å²) < 4.78 is 0. The Hall–Kier alpha value is -2.67. The minimum atomic E-state index is 0. The second kappa shape index (κ2) is 18.9. The van der Waals surface area contributed by atoms with Gasteiger partial charge in [0, 0.05) is 65.2 Å². The van der Waals surface area contributed by atoms with Gasteiger partial charge >= 0.3 is 0 Å². The van der Waals surface area contributed by atoms with E-state index in [4.69, 9.17) is 48.9 Å². The molecule has 0 N–H and O–H groups in total. The van der Waals surface area contributed by atoms with Crippen LogP contribution in [0.2, 0.25) is 0 Å². The molecule has 2 nitrogen and oxygen atoms in total. The molecule has 0 unspecified atom stereocenters. The summed E-state index contributed by atoms with van der Waals surface area (Å²) in [6, 6.07) is 36.4. The summed E-state index contributed by atoms with van der Waals surface area (Å²) in [6.07, 6.45) is 0. The third-order valence-electron chi connectivity index (χ3n) is 6.99. The first kappa shape index (κ1) is 36.5. The van der Waals surface area contributed by atoms with Crippen LogP contribution in [0.3, 0.4) is 0 Å². The second-order valence-corrected chi connectivity index (χ2v) is 11.1. The number of rotatable bonds is 12. The number of thiocarbonyl (C=S) groups is 4. The van der Waals surface area contributed by atoms with Gasteiger partial charge in [0.15, 0.2) is 0 Å². The Morgan fingerprint density at radius 3 is 1.00 bits per heavy atom. The molecule has 7 heteroatoms. The van der Waals surface area contributed by atoms with Gasteiger partial charge in [0.05, 0.1) is 19.5 Å². The molecule has 43 heavy (non-hydrogen) atoms. The van der Waals surface area contributed by atoms with Crippen LogP contribution in [-0.4, -0.2) is 45.6 Å². The van der Waals surface area contributed by atoms with Crippen molar-refractivity contribution in [2.24, 2.45) is 0 Å². The zero-order valence-corrected chi connectivity index (χ0v) is 29.3. The van der Waals surface area contributed by atoms with Crippen molar-refractivity contribution < 1.29 is 16.5 Å². The Kier molecular flexibility index (Phi) is 16.0. The molecule has 4 aromatic rings. The Labute approximate surface area is 289 Å². The second-order valence-electron chi connectivity index (χ2n) is 9.43. The van der Waals surface area contributed by atoms with Gasteiger partial charge < -0.3 is 9.80 Å². The van der Waals surface area contributed by atoms with E-state index in [0.29, 0.717) is 0 Å². The molecule has 0 atom stereocenters. The first-order valence-electron chi connectivity index (χ1n) is 14.3. The summed E-state index contributed by atoms with van der Waals surface area (Å²) in [6.45, 7) is 12.4. The summed E-state index contributed by atoms with van der Waals surface area (Å²) in [7, 11) is 0. The first-order chi connectivity index (χ1) is 20.4. The Morgan fingerprint density at radius 2 is 0.698 bits per heavy atom. The summed E-state index contributed by atoms with van der Waals surface area (Å²) in [4.78, 5) is 7.58. The zero-order valence-electron chi connectivity index (χ0n) is 25.1. The van der Waals surface area contributed by atoms with Crippen LogP contribution in [-0.2, 0) is 16.5 Å². The molecule has 226 valence electrons. The topological polar surface area (TPSA) is 6.48 Å². The SMILES string of the molecule is CCN(CC)c1ccccc1C(=S)C(=S)c1ccccc1.CCN(CC)c1ccccc1C(=S)C(=S)c1ccccc1.[Ni]. The van der Waals surface area contributed by atoms with Gasteiger partial charge in [0.2, 0.25) is 0 Å². The molecular formula is C36H38N2NiS4. The Morgan fingerprint density at radius 1 is 0.419 bits per heavy atom. The van der Waals surface area contributed by atoms with E-state index in [2.05, 4.69) is 61.8 Å². The van der Waals surface area contributed by atoms with E-state index in [1.807, 2.05) is 84.9 Å². The van der Waals surface area contributed by atoms with Gasteiger partial charge in [-0.05, 0) is 51.0 Å². The predicted molar refractivity (Wildman–Crippen MR) is 200 cm³/mol. The summed E-state index contributed by atoms with van der Waals surface area (Å²) in [5, 5.41) is 0. The van der Waals surface area contributed by atoms with E-state index in [-0.39, 0.29) is 16.5 Å². The van der Waals surface area contributed by atoms with Gasteiger partial charge in [-0.1, -0.05) is 146 Å². The van der Waals surface area contributed by atoms with Crippen molar-refractivity contribution in [3.05, 3.63) is 131 Å². The minimum absolute atomic E-state index is 0. The van der Waals surface area contributed by atoms with E-state index in [0.717, 1.165) is 79.3 Å². The van der Waals surface area contributed by atoms with E-state index >= 15 is 0 Å². The van der Waals surface area contributed by atoms with E-state index in [9.17, 15) is 0 Å². The number of para-hydroxylation sites is 2. The molecule has 0 saturated heterocycles. The summed E-state index contributed by atoms with van der Waals surface area (Å²) in [5.74, 6) is 0. The predicted octanol–water partition coefficient (Wildman–Crippen LogP) is 9.34. The largest absolute Gasteiger partial charge is 0.372 e. The van der Waals surface area contributed by atoms with Crippen LogP contribution in [0.5, 0.6) is 0 Å². The monoisotopic (exact) mass is 684 g/mol. The van der Waals surface area contributed by atoms with Crippen LogP contribution in [0.4, 0.5) is 11.4 Å². The quantitative estimate of drug-likeness (QED) is 0.0828. The van der Waals surface area contributed by atoms with Gasteiger partial charge in [0.1, 0.15) is 0 Å². The molecule has 0 aliphatic carbocycles. The fourth-order valence-electron chi connectivity index (χ4n) is 4.70. The summed E-state index contributed by atoms with van der Waals surface area (Å²) >= 11 is 22.5. The van der Waals surface area contributed by atoms with Crippen LogP contribution in [0.1, 0.15) is 49.9 Å². The average Bonchev–Trinajstić information content (AvgIpc) is 3.06. The van der Waals surface area contributed by atoms with Crippen molar-refractivity contribution in [2.45, 2.75) is 27.7 Å². The van der Waals surface area contributed by atoms with Gasteiger partial charge in [-0.15, -0.1) is 0 Å². The maximum atomic E-state index is 5.66. The van der Waals surface area contributed by atoms with E-state index < -0.39 is 0 Å². The van der Waals surface area contributed by atoms with Gasteiger partial charge in [-0.2, -0.15) is 0 Å². The molecule has 0 amide bonds. The Balaban J connectivity index is 0.000000293. The van der Waals surface area contributed by atoms with Crippen LogP contribution < -0.4 is 9.80 Å². The molecule has 0 heterocycles. The van der Waals surface area contributed by atoms with Crippen LogP contribution in [0.25, 0.3) is 0 Å². The van der Waals surface area contributed by atoms with Crippen LogP contribution >= 0.6 is 48.9 Å². The minimum Gasteiger partial charge on any atom is -0.372 e. The van der Waals surface area contributed by atoms with Gasteiger partial charge in [-0.25, -0.2) is 0 Å². The molecular weight excluding hydrogens is 647 g/mol. The van der Waals surface area contributed by atoms with Crippen molar-refractivity contribution >= 4 is 79.7 Å². The number of hydrogen-bond acceptors (Lipinski definition) is 6. The number of anilines is 2.